The lowest BCUT2D eigenvalue weighted by Crippen LogP contribution is -2.28. The van der Waals surface area contributed by atoms with Gasteiger partial charge in [0.25, 0.3) is 5.91 Å². The van der Waals surface area contributed by atoms with E-state index in [0.717, 1.165) is 32.6 Å². The highest BCUT2D eigenvalue weighted by Gasteiger charge is 2.15. The summed E-state index contributed by atoms with van der Waals surface area (Å²) in [5.74, 6) is 0.0764. The second-order valence-corrected chi connectivity index (χ2v) is 6.64. The lowest BCUT2D eigenvalue weighted by Gasteiger charge is -2.15. The first-order chi connectivity index (χ1) is 7.56. The van der Waals surface area contributed by atoms with Crippen LogP contribution in [0.2, 0.25) is 0 Å². The van der Waals surface area contributed by atoms with Gasteiger partial charge in [-0.2, -0.15) is 0 Å². The van der Waals surface area contributed by atoms with Crippen molar-refractivity contribution in [3.63, 3.8) is 0 Å². The molecule has 0 radical (unpaired) electrons. The van der Waals surface area contributed by atoms with Crippen LogP contribution in [0.15, 0.2) is 14.3 Å². The van der Waals surface area contributed by atoms with Crippen molar-refractivity contribution in [3.8, 4) is 0 Å². The Balaban J connectivity index is 2.56. The van der Waals surface area contributed by atoms with Crippen LogP contribution in [0.5, 0.6) is 0 Å². The summed E-state index contributed by atoms with van der Waals surface area (Å²) in [4.78, 5) is 14.5. The second kappa shape index (κ2) is 6.74. The molecule has 0 bridgehead atoms. The number of rotatable bonds is 5. The summed E-state index contributed by atoms with van der Waals surface area (Å²) in [5, 5.41) is 3.06. The van der Waals surface area contributed by atoms with Crippen LogP contribution in [-0.2, 0) is 0 Å². The van der Waals surface area contributed by atoms with Crippen molar-refractivity contribution in [3.05, 3.63) is 19.2 Å². The quantitative estimate of drug-likeness (QED) is 0.809. The standard InChI is InChI=1S/C10H14Br2N2OS/c1-13-4-3-5-14(2)10(15)8-6-7(11)9(12)16-8/h6,13H,3-5H2,1-2H3. The Kier molecular flexibility index (Phi) is 5.96. The van der Waals surface area contributed by atoms with Crippen molar-refractivity contribution in [2.45, 2.75) is 6.42 Å². The van der Waals surface area contributed by atoms with Gasteiger partial charge in [-0.1, -0.05) is 0 Å². The third-order valence-electron chi connectivity index (χ3n) is 2.12. The number of halogens is 2. The van der Waals surface area contributed by atoms with Gasteiger partial charge < -0.3 is 10.2 Å². The summed E-state index contributed by atoms with van der Waals surface area (Å²) in [6.45, 7) is 1.70. The predicted octanol–water partition coefficient (Wildman–Crippen LogP) is 2.95. The molecule has 1 amide bonds. The van der Waals surface area contributed by atoms with Crippen molar-refractivity contribution in [2.24, 2.45) is 0 Å². The Hall–Kier alpha value is 0.0900. The predicted molar refractivity (Wildman–Crippen MR) is 75.2 cm³/mol. The van der Waals surface area contributed by atoms with Crippen LogP contribution in [0.4, 0.5) is 0 Å². The monoisotopic (exact) mass is 368 g/mol. The number of carbonyl (C=O) groups excluding carboxylic acids is 1. The van der Waals surface area contributed by atoms with E-state index in [1.165, 1.54) is 11.3 Å². The fourth-order valence-corrected chi connectivity index (χ4v) is 3.26. The zero-order chi connectivity index (χ0) is 12.1. The topological polar surface area (TPSA) is 32.3 Å². The molecule has 3 nitrogen and oxygen atoms in total. The minimum atomic E-state index is 0.0764. The average molecular weight is 370 g/mol. The Morgan fingerprint density at radius 2 is 2.25 bits per heavy atom. The van der Waals surface area contributed by atoms with Crippen LogP contribution in [0.25, 0.3) is 0 Å². The Morgan fingerprint density at radius 3 is 2.75 bits per heavy atom. The number of amides is 1. The van der Waals surface area contributed by atoms with Crippen LogP contribution in [0.3, 0.4) is 0 Å². The average Bonchev–Trinajstić information content (AvgIpc) is 2.58. The maximum atomic E-state index is 12.0. The van der Waals surface area contributed by atoms with E-state index in [2.05, 4.69) is 37.2 Å². The van der Waals surface area contributed by atoms with Gasteiger partial charge in [-0.25, -0.2) is 0 Å². The van der Waals surface area contributed by atoms with E-state index >= 15 is 0 Å². The smallest absolute Gasteiger partial charge is 0.263 e. The summed E-state index contributed by atoms with van der Waals surface area (Å²) < 4.78 is 1.89. The normalized spacial score (nSPS) is 10.5. The number of nitrogens with zero attached hydrogens (tertiary/aromatic N) is 1. The first kappa shape index (κ1) is 14.2. The summed E-state index contributed by atoms with van der Waals surface area (Å²) in [6.07, 6.45) is 0.965. The first-order valence-electron chi connectivity index (χ1n) is 4.91. The molecular formula is C10H14Br2N2OS. The van der Waals surface area contributed by atoms with Crippen LogP contribution < -0.4 is 5.32 Å². The van der Waals surface area contributed by atoms with E-state index in [-0.39, 0.29) is 5.91 Å². The van der Waals surface area contributed by atoms with Crippen molar-refractivity contribution >= 4 is 49.1 Å². The van der Waals surface area contributed by atoms with Crippen LogP contribution in [-0.4, -0.2) is 38.0 Å². The summed E-state index contributed by atoms with van der Waals surface area (Å²) in [5.41, 5.74) is 0. The lowest BCUT2D eigenvalue weighted by molar-refractivity contribution is 0.0798. The van der Waals surface area contributed by atoms with E-state index in [4.69, 9.17) is 0 Å². The Morgan fingerprint density at radius 1 is 1.56 bits per heavy atom. The molecule has 0 spiro atoms. The maximum Gasteiger partial charge on any atom is 0.263 e. The van der Waals surface area contributed by atoms with Gasteiger partial charge in [0.1, 0.15) is 0 Å². The molecule has 1 rings (SSSR count). The molecular weight excluding hydrogens is 356 g/mol. The third kappa shape index (κ3) is 3.84. The van der Waals surface area contributed by atoms with E-state index in [9.17, 15) is 4.79 Å². The molecule has 0 unspecified atom stereocenters. The van der Waals surface area contributed by atoms with Gasteiger partial charge in [0.15, 0.2) is 0 Å². The molecule has 0 saturated carbocycles. The molecule has 1 aromatic heterocycles. The number of carbonyl (C=O) groups is 1. The Bertz CT molecular complexity index is 348. The van der Waals surface area contributed by atoms with Crippen molar-refractivity contribution in [1.29, 1.82) is 0 Å². The van der Waals surface area contributed by atoms with E-state index in [1.54, 1.807) is 4.90 Å². The van der Waals surface area contributed by atoms with E-state index in [1.807, 2.05) is 20.2 Å². The molecule has 90 valence electrons. The fraction of sp³-hybridized carbons (Fsp3) is 0.500. The van der Waals surface area contributed by atoms with Gasteiger partial charge in [-0.15, -0.1) is 11.3 Å². The van der Waals surface area contributed by atoms with Crippen molar-refractivity contribution < 1.29 is 4.79 Å². The zero-order valence-electron chi connectivity index (χ0n) is 9.22. The molecule has 0 atom stereocenters. The molecule has 0 fully saturated rings. The number of hydrogen-bond acceptors (Lipinski definition) is 3. The molecule has 0 aliphatic carbocycles. The summed E-state index contributed by atoms with van der Waals surface area (Å²) >= 11 is 8.22. The van der Waals surface area contributed by atoms with Gasteiger partial charge in [-0.05, 0) is 57.9 Å². The van der Waals surface area contributed by atoms with Crippen LogP contribution >= 0.6 is 43.2 Å². The summed E-state index contributed by atoms with van der Waals surface area (Å²) in [7, 11) is 3.74. The molecule has 1 N–H and O–H groups in total. The highest BCUT2D eigenvalue weighted by molar-refractivity contribution is 9.13. The minimum absolute atomic E-state index is 0.0764. The van der Waals surface area contributed by atoms with E-state index < -0.39 is 0 Å². The van der Waals surface area contributed by atoms with Gasteiger partial charge in [0.05, 0.1) is 8.66 Å². The van der Waals surface area contributed by atoms with Gasteiger partial charge in [0, 0.05) is 18.1 Å². The third-order valence-corrected chi connectivity index (χ3v) is 5.37. The highest BCUT2D eigenvalue weighted by atomic mass is 79.9. The number of hydrogen-bond donors (Lipinski definition) is 1. The van der Waals surface area contributed by atoms with Crippen molar-refractivity contribution in [2.75, 3.05) is 27.2 Å². The largest absolute Gasteiger partial charge is 0.341 e. The van der Waals surface area contributed by atoms with Gasteiger partial charge in [-0.3, -0.25) is 4.79 Å². The Labute approximate surface area is 116 Å². The zero-order valence-corrected chi connectivity index (χ0v) is 13.2. The van der Waals surface area contributed by atoms with Gasteiger partial charge >= 0.3 is 0 Å². The molecule has 16 heavy (non-hydrogen) atoms. The van der Waals surface area contributed by atoms with Gasteiger partial charge in [0.2, 0.25) is 0 Å². The highest BCUT2D eigenvalue weighted by Crippen LogP contribution is 2.32. The SMILES string of the molecule is CNCCCN(C)C(=O)c1cc(Br)c(Br)s1. The molecule has 0 saturated heterocycles. The van der Waals surface area contributed by atoms with Crippen LogP contribution in [0, 0.1) is 0 Å². The molecule has 1 heterocycles. The molecule has 0 aliphatic rings. The van der Waals surface area contributed by atoms with E-state index in [0.29, 0.717) is 0 Å². The summed E-state index contributed by atoms with van der Waals surface area (Å²) in [6, 6.07) is 1.85. The molecule has 0 aromatic carbocycles. The lowest BCUT2D eigenvalue weighted by atomic mass is 10.3. The second-order valence-electron chi connectivity index (χ2n) is 3.42. The number of thiophene rings is 1. The van der Waals surface area contributed by atoms with Crippen molar-refractivity contribution in [1.82, 2.24) is 10.2 Å². The maximum absolute atomic E-state index is 12.0. The molecule has 0 aliphatic heterocycles. The fourth-order valence-electron chi connectivity index (χ4n) is 1.23. The molecule has 1 aromatic rings. The van der Waals surface area contributed by atoms with Crippen LogP contribution in [0.1, 0.15) is 16.1 Å². The number of nitrogens with one attached hydrogen (secondary N) is 1. The minimum Gasteiger partial charge on any atom is -0.341 e. The first-order valence-corrected chi connectivity index (χ1v) is 7.31. The molecule has 6 heteroatoms.